The van der Waals surface area contributed by atoms with Crippen molar-refractivity contribution >= 4 is 11.6 Å². The number of benzene rings is 2. The average molecular weight is 395 g/mol. The number of aromatic nitrogens is 2. The number of hydrogen-bond acceptors (Lipinski definition) is 4. The third-order valence-corrected chi connectivity index (χ3v) is 4.26. The second kappa shape index (κ2) is 8.68. The van der Waals surface area contributed by atoms with Crippen LogP contribution >= 0.6 is 0 Å². The average Bonchev–Trinajstić information content (AvgIpc) is 2.67. The van der Waals surface area contributed by atoms with E-state index in [2.05, 4.69) is 10.4 Å². The van der Waals surface area contributed by atoms with Crippen LogP contribution in [0.4, 0.5) is 10.1 Å². The molecule has 1 atom stereocenters. The van der Waals surface area contributed by atoms with Crippen LogP contribution in [0.2, 0.25) is 0 Å². The normalized spacial score (nSPS) is 11.7. The lowest BCUT2D eigenvalue weighted by Crippen LogP contribution is -2.33. The van der Waals surface area contributed by atoms with E-state index < -0.39 is 17.5 Å². The molecule has 3 aromatic rings. The molecule has 2 aromatic carbocycles. The van der Waals surface area contributed by atoms with Crippen molar-refractivity contribution in [2.45, 2.75) is 33.3 Å². The Morgan fingerprint density at radius 3 is 2.38 bits per heavy atom. The SMILES string of the molecule is CC[C@H](Oc1ccc(=O)n(-c2ccc(F)cc2)n1)C(=O)Nc1cc(C)cc(C)c1. The van der Waals surface area contributed by atoms with Gasteiger partial charge in [-0.25, -0.2) is 4.39 Å². The van der Waals surface area contributed by atoms with E-state index in [9.17, 15) is 14.0 Å². The quantitative estimate of drug-likeness (QED) is 0.689. The highest BCUT2D eigenvalue weighted by Gasteiger charge is 2.20. The van der Waals surface area contributed by atoms with Gasteiger partial charge in [0.15, 0.2) is 6.10 Å². The highest BCUT2D eigenvalue weighted by atomic mass is 19.1. The molecular weight excluding hydrogens is 373 g/mol. The van der Waals surface area contributed by atoms with Crippen molar-refractivity contribution in [3.63, 3.8) is 0 Å². The Morgan fingerprint density at radius 1 is 1.10 bits per heavy atom. The molecule has 0 unspecified atom stereocenters. The molecule has 0 saturated carbocycles. The predicted molar refractivity (Wildman–Crippen MR) is 109 cm³/mol. The molecule has 0 aliphatic rings. The smallest absolute Gasteiger partial charge is 0.271 e. The van der Waals surface area contributed by atoms with Gasteiger partial charge in [0, 0.05) is 17.8 Å². The first-order chi connectivity index (χ1) is 13.9. The van der Waals surface area contributed by atoms with Gasteiger partial charge in [-0.2, -0.15) is 4.68 Å². The van der Waals surface area contributed by atoms with Crippen molar-refractivity contribution in [2.75, 3.05) is 5.32 Å². The minimum absolute atomic E-state index is 0.122. The second-order valence-electron chi connectivity index (χ2n) is 6.78. The van der Waals surface area contributed by atoms with Gasteiger partial charge in [0.25, 0.3) is 11.5 Å². The molecule has 0 fully saturated rings. The number of nitrogens with zero attached hydrogens (tertiary/aromatic N) is 2. The van der Waals surface area contributed by atoms with Gasteiger partial charge in [0.2, 0.25) is 5.88 Å². The summed E-state index contributed by atoms with van der Waals surface area (Å²) in [5, 5.41) is 7.01. The van der Waals surface area contributed by atoms with E-state index >= 15 is 0 Å². The Morgan fingerprint density at radius 2 is 1.76 bits per heavy atom. The van der Waals surface area contributed by atoms with Crippen LogP contribution in [0.25, 0.3) is 5.69 Å². The minimum Gasteiger partial charge on any atom is -0.463 e. The van der Waals surface area contributed by atoms with Crippen molar-refractivity contribution in [3.05, 3.63) is 81.9 Å². The third-order valence-electron chi connectivity index (χ3n) is 4.26. The first-order valence-corrected chi connectivity index (χ1v) is 9.28. The fourth-order valence-electron chi connectivity index (χ4n) is 2.96. The molecule has 1 aromatic heterocycles. The number of aryl methyl sites for hydroxylation is 2. The summed E-state index contributed by atoms with van der Waals surface area (Å²) in [6.45, 7) is 5.74. The highest BCUT2D eigenvalue weighted by Crippen LogP contribution is 2.16. The molecule has 0 bridgehead atoms. The van der Waals surface area contributed by atoms with Crippen LogP contribution < -0.4 is 15.6 Å². The maximum Gasteiger partial charge on any atom is 0.271 e. The molecule has 0 spiro atoms. The number of ether oxygens (including phenoxy) is 1. The molecule has 1 N–H and O–H groups in total. The zero-order chi connectivity index (χ0) is 21.0. The van der Waals surface area contributed by atoms with E-state index in [1.54, 1.807) is 0 Å². The summed E-state index contributed by atoms with van der Waals surface area (Å²) in [4.78, 5) is 24.8. The minimum atomic E-state index is -0.789. The van der Waals surface area contributed by atoms with Crippen molar-refractivity contribution < 1.29 is 13.9 Å². The molecule has 29 heavy (non-hydrogen) atoms. The summed E-state index contributed by atoms with van der Waals surface area (Å²) in [6, 6.07) is 13.8. The van der Waals surface area contributed by atoms with Crippen molar-refractivity contribution in [3.8, 4) is 11.6 Å². The van der Waals surface area contributed by atoms with Gasteiger partial charge >= 0.3 is 0 Å². The first-order valence-electron chi connectivity index (χ1n) is 9.28. The molecule has 150 valence electrons. The number of carbonyl (C=O) groups excluding carboxylic acids is 1. The van der Waals surface area contributed by atoms with Crippen LogP contribution in [-0.4, -0.2) is 21.8 Å². The fourth-order valence-corrected chi connectivity index (χ4v) is 2.96. The Hall–Kier alpha value is -3.48. The summed E-state index contributed by atoms with van der Waals surface area (Å²) >= 11 is 0. The molecule has 0 saturated heterocycles. The van der Waals surface area contributed by atoms with Crippen LogP contribution in [0, 0.1) is 19.7 Å². The third kappa shape index (κ3) is 5.07. The van der Waals surface area contributed by atoms with Crippen molar-refractivity contribution in [1.29, 1.82) is 0 Å². The van der Waals surface area contributed by atoms with Gasteiger partial charge in [-0.3, -0.25) is 9.59 Å². The Balaban J connectivity index is 1.79. The first kappa shape index (κ1) is 20.3. The Labute approximate surface area is 168 Å². The standard InChI is InChI=1S/C22H22FN3O3/c1-4-19(22(28)24-17-12-14(2)11-15(3)13-17)29-20-9-10-21(27)26(25-20)18-7-5-16(23)6-8-18/h5-13,19H,4H2,1-3H3,(H,24,28)/t19-/m0/s1. The molecule has 1 amide bonds. The van der Waals surface area contributed by atoms with E-state index in [1.165, 1.54) is 36.4 Å². The van der Waals surface area contributed by atoms with E-state index in [0.29, 0.717) is 17.8 Å². The maximum atomic E-state index is 13.1. The number of halogens is 1. The van der Waals surface area contributed by atoms with Crippen LogP contribution in [0.3, 0.4) is 0 Å². The molecule has 0 radical (unpaired) electrons. The molecule has 6 nitrogen and oxygen atoms in total. The zero-order valence-electron chi connectivity index (χ0n) is 16.5. The van der Waals surface area contributed by atoms with Crippen LogP contribution in [0.5, 0.6) is 5.88 Å². The lowest BCUT2D eigenvalue weighted by atomic mass is 10.1. The molecular formula is C22H22FN3O3. The largest absolute Gasteiger partial charge is 0.463 e. The van der Waals surface area contributed by atoms with E-state index in [1.807, 2.05) is 39.0 Å². The zero-order valence-corrected chi connectivity index (χ0v) is 16.5. The lowest BCUT2D eigenvalue weighted by Gasteiger charge is -2.17. The Bertz CT molecular complexity index is 1060. The van der Waals surface area contributed by atoms with Gasteiger partial charge in [-0.05, 0) is 67.8 Å². The van der Waals surface area contributed by atoms with Crippen LogP contribution in [0.15, 0.2) is 59.4 Å². The number of hydrogen-bond donors (Lipinski definition) is 1. The van der Waals surface area contributed by atoms with Crippen LogP contribution in [-0.2, 0) is 4.79 Å². The molecule has 1 heterocycles. The lowest BCUT2D eigenvalue weighted by molar-refractivity contribution is -0.123. The van der Waals surface area contributed by atoms with Gasteiger partial charge in [-0.1, -0.05) is 13.0 Å². The number of anilines is 1. The van der Waals surface area contributed by atoms with Crippen LogP contribution in [0.1, 0.15) is 24.5 Å². The maximum absolute atomic E-state index is 13.1. The fraction of sp³-hybridized carbons (Fsp3) is 0.227. The summed E-state index contributed by atoms with van der Waals surface area (Å²) in [6.07, 6.45) is -0.379. The van der Waals surface area contributed by atoms with E-state index in [4.69, 9.17) is 4.74 Å². The topological polar surface area (TPSA) is 73.2 Å². The summed E-state index contributed by atoms with van der Waals surface area (Å²) in [7, 11) is 0. The number of carbonyl (C=O) groups is 1. The highest BCUT2D eigenvalue weighted by molar-refractivity contribution is 5.94. The predicted octanol–water partition coefficient (Wildman–Crippen LogP) is 3.78. The Kier molecular flexibility index (Phi) is 6.07. The molecule has 7 heteroatoms. The number of rotatable bonds is 6. The van der Waals surface area contributed by atoms with Gasteiger partial charge in [0.1, 0.15) is 5.82 Å². The molecule has 3 rings (SSSR count). The van der Waals surface area contributed by atoms with Gasteiger partial charge in [0.05, 0.1) is 5.69 Å². The number of nitrogens with one attached hydrogen (secondary N) is 1. The summed E-state index contributed by atoms with van der Waals surface area (Å²) in [5.74, 6) is -0.599. The summed E-state index contributed by atoms with van der Waals surface area (Å²) in [5.41, 5.74) is 2.79. The molecule has 0 aliphatic heterocycles. The number of amides is 1. The van der Waals surface area contributed by atoms with Gasteiger partial charge in [-0.15, -0.1) is 5.10 Å². The second-order valence-corrected chi connectivity index (χ2v) is 6.78. The van der Waals surface area contributed by atoms with Crippen molar-refractivity contribution in [1.82, 2.24) is 9.78 Å². The summed E-state index contributed by atoms with van der Waals surface area (Å²) < 4.78 is 20.0. The van der Waals surface area contributed by atoms with Crippen molar-refractivity contribution in [2.24, 2.45) is 0 Å². The van der Waals surface area contributed by atoms with E-state index in [0.717, 1.165) is 15.8 Å². The monoisotopic (exact) mass is 395 g/mol. The van der Waals surface area contributed by atoms with E-state index in [-0.39, 0.29) is 11.8 Å². The molecule has 0 aliphatic carbocycles. The van der Waals surface area contributed by atoms with Gasteiger partial charge < -0.3 is 10.1 Å².